The first-order chi connectivity index (χ1) is 9.63. The van der Waals surface area contributed by atoms with E-state index in [2.05, 4.69) is 0 Å². The molecule has 110 valence electrons. The smallest absolute Gasteiger partial charge is 0.133 e. The van der Waals surface area contributed by atoms with Crippen molar-refractivity contribution in [1.29, 1.82) is 0 Å². The Kier molecular flexibility index (Phi) is 5.36. The Morgan fingerprint density at radius 3 is 2.20 bits per heavy atom. The summed E-state index contributed by atoms with van der Waals surface area (Å²) in [5.41, 5.74) is -0.0782. The molecule has 20 heavy (non-hydrogen) atoms. The number of aliphatic hydroxyl groups is 1. The van der Waals surface area contributed by atoms with Crippen LogP contribution in [-0.4, -0.2) is 10.9 Å². The van der Waals surface area contributed by atoms with E-state index >= 15 is 0 Å². The topological polar surface area (TPSA) is 37.3 Å². The van der Waals surface area contributed by atoms with Crippen molar-refractivity contribution in [2.75, 3.05) is 0 Å². The van der Waals surface area contributed by atoms with Crippen LogP contribution < -0.4 is 0 Å². The number of rotatable bonds is 4. The van der Waals surface area contributed by atoms with E-state index in [9.17, 15) is 9.90 Å². The van der Waals surface area contributed by atoms with Gasteiger partial charge in [0.1, 0.15) is 5.78 Å². The molecule has 1 aromatic rings. The fourth-order valence-electron chi connectivity index (χ4n) is 3.52. The highest BCUT2D eigenvalue weighted by Gasteiger charge is 2.38. The summed E-state index contributed by atoms with van der Waals surface area (Å²) in [5.74, 6) is 0.271. The monoisotopic (exact) mass is 274 g/mol. The van der Waals surface area contributed by atoms with Gasteiger partial charge in [0.25, 0.3) is 0 Å². The highest BCUT2D eigenvalue weighted by atomic mass is 16.3. The number of hydrogen-bond acceptors (Lipinski definition) is 2. The maximum absolute atomic E-state index is 11.7. The quantitative estimate of drug-likeness (QED) is 0.892. The second-order valence-corrected chi connectivity index (χ2v) is 6.21. The Balaban J connectivity index is 2.27. The van der Waals surface area contributed by atoms with E-state index in [4.69, 9.17) is 0 Å². The highest BCUT2D eigenvalue weighted by molar-refractivity contribution is 5.77. The van der Waals surface area contributed by atoms with Gasteiger partial charge in [-0.1, -0.05) is 62.4 Å². The van der Waals surface area contributed by atoms with Gasteiger partial charge in [0, 0.05) is 6.42 Å². The van der Waals surface area contributed by atoms with E-state index in [0.717, 1.165) is 31.2 Å². The van der Waals surface area contributed by atoms with Gasteiger partial charge >= 0.3 is 0 Å². The number of carbonyl (C=O) groups is 1. The zero-order valence-electron chi connectivity index (χ0n) is 12.5. The third-order valence-electron chi connectivity index (χ3n) is 4.57. The van der Waals surface area contributed by atoms with Gasteiger partial charge in [-0.25, -0.2) is 0 Å². The first kappa shape index (κ1) is 15.2. The van der Waals surface area contributed by atoms with Gasteiger partial charge in [0.2, 0.25) is 0 Å². The van der Waals surface area contributed by atoms with E-state index in [1.165, 1.54) is 19.3 Å². The van der Waals surface area contributed by atoms with Crippen molar-refractivity contribution >= 4 is 5.78 Å². The Bertz CT molecular complexity index is 418. The summed E-state index contributed by atoms with van der Waals surface area (Å²) in [6.45, 7) is 1.58. The summed E-state index contributed by atoms with van der Waals surface area (Å²) in [5, 5.41) is 11.3. The lowest BCUT2D eigenvalue weighted by molar-refractivity contribution is -0.126. The molecule has 1 fully saturated rings. The average molecular weight is 274 g/mol. The molecule has 0 radical (unpaired) electrons. The van der Waals surface area contributed by atoms with Crippen LogP contribution in [0, 0.1) is 5.92 Å². The molecule has 1 N–H and O–H groups in total. The SMILES string of the molecule is CC(=O)CC(O)(c1ccccc1)C1CCCCCCC1. The molecular formula is C18H26O2. The molecule has 0 amide bonds. The van der Waals surface area contributed by atoms with Gasteiger partial charge in [-0.05, 0) is 31.2 Å². The number of Topliss-reactive ketones (excluding diaryl/α,β-unsaturated/α-hetero) is 1. The van der Waals surface area contributed by atoms with Crippen LogP contribution in [0.4, 0.5) is 0 Å². The minimum atomic E-state index is -0.982. The van der Waals surface area contributed by atoms with Gasteiger partial charge in [-0.3, -0.25) is 4.79 Å². The van der Waals surface area contributed by atoms with Crippen molar-refractivity contribution in [2.45, 2.75) is 63.9 Å². The van der Waals surface area contributed by atoms with Crippen LogP contribution in [0.25, 0.3) is 0 Å². The molecule has 2 heteroatoms. The molecule has 1 aliphatic carbocycles. The second kappa shape index (κ2) is 7.03. The van der Waals surface area contributed by atoms with Crippen molar-refractivity contribution in [2.24, 2.45) is 5.92 Å². The maximum atomic E-state index is 11.7. The minimum Gasteiger partial charge on any atom is -0.384 e. The lowest BCUT2D eigenvalue weighted by Crippen LogP contribution is -2.37. The van der Waals surface area contributed by atoms with Gasteiger partial charge in [0.05, 0.1) is 5.60 Å². The van der Waals surface area contributed by atoms with Crippen LogP contribution in [0.5, 0.6) is 0 Å². The molecule has 1 saturated carbocycles. The Labute approximate surface area is 122 Å². The van der Waals surface area contributed by atoms with Crippen LogP contribution in [0.15, 0.2) is 30.3 Å². The van der Waals surface area contributed by atoms with Crippen LogP contribution in [-0.2, 0) is 10.4 Å². The lowest BCUT2D eigenvalue weighted by atomic mass is 9.72. The largest absolute Gasteiger partial charge is 0.384 e. The standard InChI is InChI=1S/C18H26O2/c1-15(19)14-18(20,17-12-8-5-9-13-17)16-10-6-3-2-4-7-11-16/h5,8-9,12-13,16,20H,2-4,6-7,10-11,14H2,1H3. The molecule has 0 heterocycles. The van der Waals surface area contributed by atoms with Gasteiger partial charge in [-0.2, -0.15) is 0 Å². The van der Waals surface area contributed by atoms with Crippen LogP contribution >= 0.6 is 0 Å². The van der Waals surface area contributed by atoms with E-state index in [1.54, 1.807) is 6.92 Å². The fraction of sp³-hybridized carbons (Fsp3) is 0.611. The number of ketones is 1. The van der Waals surface area contributed by atoms with E-state index in [1.807, 2.05) is 30.3 Å². The van der Waals surface area contributed by atoms with Crippen molar-refractivity contribution in [1.82, 2.24) is 0 Å². The lowest BCUT2D eigenvalue weighted by Gasteiger charge is -2.37. The van der Waals surface area contributed by atoms with Crippen molar-refractivity contribution in [3.8, 4) is 0 Å². The van der Waals surface area contributed by atoms with Crippen LogP contribution in [0.2, 0.25) is 0 Å². The summed E-state index contributed by atoms with van der Waals surface area (Å²) in [6.07, 6.45) is 8.43. The molecule has 0 aromatic heterocycles. The van der Waals surface area contributed by atoms with E-state index in [0.29, 0.717) is 0 Å². The molecule has 0 bridgehead atoms. The Morgan fingerprint density at radius 1 is 1.10 bits per heavy atom. The van der Waals surface area contributed by atoms with Crippen molar-refractivity contribution < 1.29 is 9.90 Å². The zero-order valence-corrected chi connectivity index (χ0v) is 12.5. The number of benzene rings is 1. The zero-order chi connectivity index (χ0) is 14.4. The molecule has 0 aliphatic heterocycles. The number of hydrogen-bond donors (Lipinski definition) is 1. The summed E-state index contributed by atoms with van der Waals surface area (Å²) >= 11 is 0. The summed E-state index contributed by atoms with van der Waals surface area (Å²) < 4.78 is 0. The van der Waals surface area contributed by atoms with Crippen molar-refractivity contribution in [3.63, 3.8) is 0 Å². The molecule has 1 atom stereocenters. The van der Waals surface area contributed by atoms with Crippen LogP contribution in [0.3, 0.4) is 0 Å². The van der Waals surface area contributed by atoms with Gasteiger partial charge in [-0.15, -0.1) is 0 Å². The van der Waals surface area contributed by atoms with Crippen molar-refractivity contribution in [3.05, 3.63) is 35.9 Å². The molecular weight excluding hydrogens is 248 g/mol. The Morgan fingerprint density at radius 2 is 1.65 bits per heavy atom. The summed E-state index contributed by atoms with van der Waals surface area (Å²) in [7, 11) is 0. The first-order valence-corrected chi connectivity index (χ1v) is 7.90. The minimum absolute atomic E-state index is 0.0680. The van der Waals surface area contributed by atoms with Gasteiger partial charge < -0.3 is 5.11 Å². The molecule has 1 unspecified atom stereocenters. The first-order valence-electron chi connectivity index (χ1n) is 7.90. The molecule has 2 nitrogen and oxygen atoms in total. The molecule has 0 saturated heterocycles. The maximum Gasteiger partial charge on any atom is 0.133 e. The third kappa shape index (κ3) is 3.69. The van der Waals surface area contributed by atoms with E-state index in [-0.39, 0.29) is 18.1 Å². The highest BCUT2D eigenvalue weighted by Crippen LogP contribution is 2.40. The predicted molar refractivity (Wildman–Crippen MR) is 81.4 cm³/mol. The molecule has 2 rings (SSSR count). The summed E-state index contributed by atoms with van der Waals surface area (Å²) in [4.78, 5) is 11.7. The Hall–Kier alpha value is -1.15. The average Bonchev–Trinajstić information content (AvgIpc) is 2.38. The number of carbonyl (C=O) groups excluding carboxylic acids is 1. The molecule has 1 aromatic carbocycles. The van der Waals surface area contributed by atoms with Gasteiger partial charge in [0.15, 0.2) is 0 Å². The normalized spacial score (nSPS) is 20.7. The molecule has 0 spiro atoms. The fourth-order valence-corrected chi connectivity index (χ4v) is 3.52. The molecule has 1 aliphatic rings. The van der Waals surface area contributed by atoms with Crippen LogP contribution in [0.1, 0.15) is 63.9 Å². The predicted octanol–water partition coefficient (Wildman–Crippen LogP) is 4.21. The second-order valence-electron chi connectivity index (χ2n) is 6.21. The summed E-state index contributed by atoms with van der Waals surface area (Å²) in [6, 6.07) is 9.77. The third-order valence-corrected chi connectivity index (χ3v) is 4.57. The van der Waals surface area contributed by atoms with E-state index < -0.39 is 5.60 Å².